The standard InChI is InChI=1S/C18H28O4/c1-2-7-15(19)12-10-14-11-13-17(20)16(14)8-5-3-4-6-9-18(21)22/h3,5,10,12,14,16-17,20H,2,4,6-9,11,13H2,1H3,(H,21,22). The number of carboxylic acids is 1. The van der Waals surface area contributed by atoms with Crippen LogP contribution in [-0.2, 0) is 9.59 Å². The highest BCUT2D eigenvalue weighted by atomic mass is 16.4. The third-order valence-corrected chi connectivity index (χ3v) is 4.20. The summed E-state index contributed by atoms with van der Waals surface area (Å²) in [7, 11) is 0. The van der Waals surface area contributed by atoms with Crippen LogP contribution in [0, 0.1) is 11.8 Å². The van der Waals surface area contributed by atoms with Crippen molar-refractivity contribution in [2.45, 2.75) is 64.4 Å². The van der Waals surface area contributed by atoms with Gasteiger partial charge in [-0.1, -0.05) is 25.2 Å². The minimum Gasteiger partial charge on any atom is -0.481 e. The van der Waals surface area contributed by atoms with Crippen molar-refractivity contribution in [3.8, 4) is 0 Å². The minimum absolute atomic E-state index is 0.159. The molecule has 22 heavy (non-hydrogen) atoms. The Morgan fingerprint density at radius 3 is 2.64 bits per heavy atom. The molecule has 0 saturated heterocycles. The molecule has 1 saturated carbocycles. The molecule has 4 heteroatoms. The zero-order valence-electron chi connectivity index (χ0n) is 13.4. The van der Waals surface area contributed by atoms with Gasteiger partial charge in [0.1, 0.15) is 0 Å². The first-order chi connectivity index (χ1) is 10.5. The third kappa shape index (κ3) is 7.03. The van der Waals surface area contributed by atoms with Gasteiger partial charge in [0.25, 0.3) is 0 Å². The van der Waals surface area contributed by atoms with E-state index in [1.807, 2.05) is 25.2 Å². The van der Waals surface area contributed by atoms with Crippen LogP contribution in [0.1, 0.15) is 58.3 Å². The highest BCUT2D eigenvalue weighted by molar-refractivity contribution is 5.89. The molecule has 1 rings (SSSR count). The van der Waals surface area contributed by atoms with E-state index in [1.165, 1.54) is 0 Å². The predicted molar refractivity (Wildman–Crippen MR) is 86.5 cm³/mol. The van der Waals surface area contributed by atoms with E-state index in [1.54, 1.807) is 6.08 Å². The molecular formula is C18H28O4. The highest BCUT2D eigenvalue weighted by Gasteiger charge is 2.32. The predicted octanol–water partition coefficient (Wildman–Crippen LogP) is 3.50. The van der Waals surface area contributed by atoms with Crippen LogP contribution in [0.3, 0.4) is 0 Å². The first kappa shape index (κ1) is 18.6. The van der Waals surface area contributed by atoms with Crippen molar-refractivity contribution < 1.29 is 19.8 Å². The summed E-state index contributed by atoms with van der Waals surface area (Å²) in [6, 6.07) is 0. The van der Waals surface area contributed by atoms with Crippen LogP contribution in [0.4, 0.5) is 0 Å². The smallest absolute Gasteiger partial charge is 0.303 e. The number of aliphatic hydroxyl groups is 1. The molecule has 0 bridgehead atoms. The van der Waals surface area contributed by atoms with Crippen LogP contribution in [-0.4, -0.2) is 28.1 Å². The Hall–Kier alpha value is -1.42. The molecule has 0 radical (unpaired) electrons. The van der Waals surface area contributed by atoms with Crippen molar-refractivity contribution in [2.75, 3.05) is 0 Å². The van der Waals surface area contributed by atoms with Gasteiger partial charge in [0.05, 0.1) is 6.10 Å². The quantitative estimate of drug-likeness (QED) is 0.368. The van der Waals surface area contributed by atoms with Crippen LogP contribution in [0.25, 0.3) is 0 Å². The van der Waals surface area contributed by atoms with E-state index in [4.69, 9.17) is 5.11 Å². The Labute approximate surface area is 132 Å². The Balaban J connectivity index is 2.39. The number of carbonyl (C=O) groups is 2. The van der Waals surface area contributed by atoms with Gasteiger partial charge in [-0.05, 0) is 56.4 Å². The van der Waals surface area contributed by atoms with Crippen molar-refractivity contribution in [2.24, 2.45) is 11.8 Å². The molecule has 0 aromatic carbocycles. The second-order valence-electron chi connectivity index (χ2n) is 6.04. The second-order valence-corrected chi connectivity index (χ2v) is 6.04. The average Bonchev–Trinajstić information content (AvgIpc) is 2.81. The maximum Gasteiger partial charge on any atom is 0.303 e. The fourth-order valence-corrected chi connectivity index (χ4v) is 2.95. The Morgan fingerprint density at radius 2 is 1.95 bits per heavy atom. The fourth-order valence-electron chi connectivity index (χ4n) is 2.95. The van der Waals surface area contributed by atoms with Gasteiger partial charge in [-0.15, -0.1) is 0 Å². The number of carboxylic acid groups (broad SMARTS) is 1. The number of aliphatic carboxylic acids is 1. The molecule has 2 N–H and O–H groups in total. The van der Waals surface area contributed by atoms with E-state index in [-0.39, 0.29) is 30.1 Å². The summed E-state index contributed by atoms with van der Waals surface area (Å²) in [5.74, 6) is -0.172. The van der Waals surface area contributed by atoms with Gasteiger partial charge in [-0.25, -0.2) is 0 Å². The summed E-state index contributed by atoms with van der Waals surface area (Å²) in [4.78, 5) is 22.0. The summed E-state index contributed by atoms with van der Waals surface area (Å²) < 4.78 is 0. The largest absolute Gasteiger partial charge is 0.481 e. The lowest BCUT2D eigenvalue weighted by Crippen LogP contribution is -2.17. The van der Waals surface area contributed by atoms with Gasteiger partial charge < -0.3 is 10.2 Å². The molecule has 3 unspecified atom stereocenters. The van der Waals surface area contributed by atoms with E-state index in [9.17, 15) is 14.7 Å². The van der Waals surface area contributed by atoms with Crippen LogP contribution < -0.4 is 0 Å². The summed E-state index contributed by atoms with van der Waals surface area (Å²) in [6.07, 6.45) is 12.9. The molecule has 0 spiro atoms. The van der Waals surface area contributed by atoms with Gasteiger partial charge in [-0.2, -0.15) is 0 Å². The summed E-state index contributed by atoms with van der Waals surface area (Å²) in [6.45, 7) is 1.99. The number of hydrogen-bond donors (Lipinski definition) is 2. The van der Waals surface area contributed by atoms with Crippen LogP contribution in [0.15, 0.2) is 24.3 Å². The maximum absolute atomic E-state index is 11.6. The van der Waals surface area contributed by atoms with E-state index < -0.39 is 5.97 Å². The molecule has 0 amide bonds. The van der Waals surface area contributed by atoms with Gasteiger partial charge in [0.15, 0.2) is 5.78 Å². The van der Waals surface area contributed by atoms with Crippen molar-refractivity contribution in [3.05, 3.63) is 24.3 Å². The van der Waals surface area contributed by atoms with Crippen molar-refractivity contribution in [1.29, 1.82) is 0 Å². The van der Waals surface area contributed by atoms with Gasteiger partial charge in [-0.3, -0.25) is 9.59 Å². The molecule has 0 aliphatic heterocycles. The number of ketones is 1. The Kier molecular flexibility index (Phi) is 8.75. The normalized spacial score (nSPS) is 25.3. The number of carbonyl (C=O) groups excluding carboxylic acids is 1. The zero-order chi connectivity index (χ0) is 16.4. The molecule has 3 atom stereocenters. The van der Waals surface area contributed by atoms with Crippen LogP contribution in [0.5, 0.6) is 0 Å². The Morgan fingerprint density at radius 1 is 1.18 bits per heavy atom. The minimum atomic E-state index is -0.762. The maximum atomic E-state index is 11.6. The summed E-state index contributed by atoms with van der Waals surface area (Å²) in [5, 5.41) is 18.6. The molecule has 0 aromatic rings. The van der Waals surface area contributed by atoms with E-state index in [2.05, 4.69) is 0 Å². The van der Waals surface area contributed by atoms with Crippen molar-refractivity contribution in [3.63, 3.8) is 0 Å². The SMILES string of the molecule is CCCC(=O)C=CC1CCC(O)C1CC=CCCCC(=O)O. The number of unbranched alkanes of at least 4 members (excludes halogenated alkanes) is 1. The zero-order valence-corrected chi connectivity index (χ0v) is 13.4. The van der Waals surface area contributed by atoms with Gasteiger partial charge >= 0.3 is 5.97 Å². The monoisotopic (exact) mass is 308 g/mol. The summed E-state index contributed by atoms with van der Waals surface area (Å²) in [5.41, 5.74) is 0. The van der Waals surface area contributed by atoms with E-state index >= 15 is 0 Å². The lowest BCUT2D eigenvalue weighted by atomic mass is 9.90. The lowest BCUT2D eigenvalue weighted by molar-refractivity contribution is -0.137. The summed E-state index contributed by atoms with van der Waals surface area (Å²) >= 11 is 0. The van der Waals surface area contributed by atoms with Crippen molar-refractivity contribution in [1.82, 2.24) is 0 Å². The number of hydrogen-bond acceptors (Lipinski definition) is 3. The molecule has 4 nitrogen and oxygen atoms in total. The molecule has 1 aliphatic rings. The molecule has 1 aliphatic carbocycles. The molecular weight excluding hydrogens is 280 g/mol. The lowest BCUT2D eigenvalue weighted by Gasteiger charge is -2.17. The Bertz CT molecular complexity index is 411. The molecule has 124 valence electrons. The van der Waals surface area contributed by atoms with E-state index in [0.29, 0.717) is 12.8 Å². The van der Waals surface area contributed by atoms with Crippen LogP contribution >= 0.6 is 0 Å². The molecule has 0 heterocycles. The first-order valence-electron chi connectivity index (χ1n) is 8.30. The topological polar surface area (TPSA) is 74.6 Å². The van der Waals surface area contributed by atoms with Crippen molar-refractivity contribution >= 4 is 11.8 Å². The second kappa shape index (κ2) is 10.3. The highest BCUT2D eigenvalue weighted by Crippen LogP contribution is 2.35. The molecule has 1 fully saturated rings. The average molecular weight is 308 g/mol. The molecule has 0 aromatic heterocycles. The third-order valence-electron chi connectivity index (χ3n) is 4.20. The fraction of sp³-hybridized carbons (Fsp3) is 0.667. The number of allylic oxidation sites excluding steroid dienone is 4. The van der Waals surface area contributed by atoms with Gasteiger partial charge in [0, 0.05) is 12.8 Å². The van der Waals surface area contributed by atoms with Gasteiger partial charge in [0.2, 0.25) is 0 Å². The van der Waals surface area contributed by atoms with E-state index in [0.717, 1.165) is 32.1 Å². The number of rotatable bonds is 10. The van der Waals surface area contributed by atoms with Crippen LogP contribution in [0.2, 0.25) is 0 Å². The number of aliphatic hydroxyl groups excluding tert-OH is 1. The first-order valence-corrected chi connectivity index (χ1v) is 8.30.